The number of rotatable bonds is 5. The van der Waals surface area contributed by atoms with Crippen LogP contribution in [0.25, 0.3) is 27.8 Å². The number of hydrogen-bond donors (Lipinski definition) is 0. The maximum absolute atomic E-state index is 13.3. The van der Waals surface area contributed by atoms with Gasteiger partial charge in [0.15, 0.2) is 0 Å². The van der Waals surface area contributed by atoms with E-state index >= 15 is 0 Å². The Morgan fingerprint density at radius 2 is 1.56 bits per heavy atom. The summed E-state index contributed by atoms with van der Waals surface area (Å²) in [6.07, 6.45) is 3.87. The SMILES string of the molecule is O=C1S/C(=C\c2cn(Cc3cccc(Cl)c3)c3ccccc23)C(=O)N1Cc1ccc2ccccc2c1. The Balaban J connectivity index is 1.30. The minimum atomic E-state index is -0.259. The molecular weight excluding hydrogens is 488 g/mol. The van der Waals surface area contributed by atoms with Crippen molar-refractivity contribution in [2.45, 2.75) is 13.1 Å². The summed E-state index contributed by atoms with van der Waals surface area (Å²) in [5.41, 5.74) is 3.98. The van der Waals surface area contributed by atoms with E-state index in [9.17, 15) is 9.59 Å². The molecule has 1 fully saturated rings. The minimum Gasteiger partial charge on any atom is -0.342 e. The van der Waals surface area contributed by atoms with Gasteiger partial charge in [-0.15, -0.1) is 0 Å². The molecule has 4 aromatic carbocycles. The Hall–Kier alpha value is -3.80. The number of carbonyl (C=O) groups excluding carboxylic acids is 2. The van der Waals surface area contributed by atoms with Gasteiger partial charge in [-0.25, -0.2) is 0 Å². The molecule has 176 valence electrons. The number of hydrogen-bond acceptors (Lipinski definition) is 3. The van der Waals surface area contributed by atoms with Gasteiger partial charge in [-0.05, 0) is 64.0 Å². The van der Waals surface area contributed by atoms with Crippen molar-refractivity contribution in [3.63, 3.8) is 0 Å². The standard InChI is InChI=1S/C30H21ClN2O2S/c31-25-9-5-6-20(15-25)17-32-19-24(26-10-3-4-11-27(26)32)16-28-29(34)33(30(35)36-28)18-21-12-13-22-7-1-2-8-23(22)14-21/h1-16,19H,17-18H2/b28-16-. The molecule has 2 amide bonds. The van der Waals surface area contributed by atoms with Crippen molar-refractivity contribution in [3.8, 4) is 0 Å². The number of halogens is 1. The van der Waals surface area contributed by atoms with Gasteiger partial charge in [0.2, 0.25) is 0 Å². The largest absolute Gasteiger partial charge is 0.342 e. The highest BCUT2D eigenvalue weighted by atomic mass is 35.5. The number of imide groups is 1. The number of benzene rings is 4. The highest BCUT2D eigenvalue weighted by molar-refractivity contribution is 8.18. The molecule has 0 atom stereocenters. The molecule has 1 aromatic heterocycles. The molecule has 0 spiro atoms. The van der Waals surface area contributed by atoms with Gasteiger partial charge < -0.3 is 4.57 Å². The summed E-state index contributed by atoms with van der Waals surface area (Å²) in [7, 11) is 0. The Morgan fingerprint density at radius 1 is 0.778 bits per heavy atom. The van der Waals surface area contributed by atoms with Crippen LogP contribution in [0.5, 0.6) is 0 Å². The number of nitrogens with zero attached hydrogens (tertiary/aromatic N) is 2. The third-order valence-corrected chi connectivity index (χ3v) is 7.52. The summed E-state index contributed by atoms with van der Waals surface area (Å²) in [4.78, 5) is 27.8. The molecule has 1 aliphatic rings. The highest BCUT2D eigenvalue weighted by Gasteiger charge is 2.35. The summed E-state index contributed by atoms with van der Waals surface area (Å²) in [6, 6.07) is 30.0. The van der Waals surface area contributed by atoms with E-state index in [4.69, 9.17) is 11.6 Å². The van der Waals surface area contributed by atoms with E-state index in [2.05, 4.69) is 10.6 Å². The lowest BCUT2D eigenvalue weighted by atomic mass is 10.1. The van der Waals surface area contributed by atoms with Crippen LogP contribution in [-0.2, 0) is 17.9 Å². The van der Waals surface area contributed by atoms with E-state index in [1.165, 1.54) is 4.90 Å². The predicted molar refractivity (Wildman–Crippen MR) is 148 cm³/mol. The normalized spacial score (nSPS) is 15.0. The van der Waals surface area contributed by atoms with Gasteiger partial charge in [0.25, 0.3) is 11.1 Å². The third kappa shape index (κ3) is 4.32. The van der Waals surface area contributed by atoms with E-state index in [0.717, 1.165) is 50.1 Å². The van der Waals surface area contributed by atoms with E-state index in [1.54, 1.807) is 0 Å². The zero-order valence-corrected chi connectivity index (χ0v) is 20.8. The zero-order chi connectivity index (χ0) is 24.6. The summed E-state index contributed by atoms with van der Waals surface area (Å²) < 4.78 is 2.14. The minimum absolute atomic E-state index is 0.248. The van der Waals surface area contributed by atoms with Crippen LogP contribution in [0, 0.1) is 0 Å². The molecule has 4 nitrogen and oxygen atoms in total. The maximum Gasteiger partial charge on any atom is 0.293 e. The van der Waals surface area contributed by atoms with Crippen molar-refractivity contribution in [3.05, 3.63) is 124 Å². The molecule has 6 heteroatoms. The van der Waals surface area contributed by atoms with Crippen LogP contribution < -0.4 is 0 Å². The second-order valence-corrected chi connectivity index (χ2v) is 10.2. The van der Waals surface area contributed by atoms with E-state index in [1.807, 2.05) is 97.2 Å². The van der Waals surface area contributed by atoms with E-state index in [-0.39, 0.29) is 17.7 Å². The Kier molecular flexibility index (Phi) is 5.88. The molecule has 0 aliphatic carbocycles. The molecule has 0 N–H and O–H groups in total. The van der Waals surface area contributed by atoms with Crippen LogP contribution in [0.4, 0.5) is 4.79 Å². The average Bonchev–Trinajstić information content (AvgIpc) is 3.36. The quantitative estimate of drug-likeness (QED) is 0.228. The number of amides is 2. The first-order valence-electron chi connectivity index (χ1n) is 11.6. The molecule has 0 unspecified atom stereocenters. The summed E-state index contributed by atoms with van der Waals surface area (Å²) in [5, 5.41) is 3.70. The zero-order valence-electron chi connectivity index (χ0n) is 19.2. The molecule has 1 aliphatic heterocycles. The predicted octanol–water partition coefficient (Wildman–Crippen LogP) is 7.73. The fraction of sp³-hybridized carbons (Fsp3) is 0.0667. The molecule has 2 heterocycles. The number of fused-ring (bicyclic) bond motifs is 2. The van der Waals surface area contributed by atoms with Crippen LogP contribution in [0.1, 0.15) is 16.7 Å². The van der Waals surface area contributed by atoms with Gasteiger partial charge >= 0.3 is 0 Å². The lowest BCUT2D eigenvalue weighted by molar-refractivity contribution is -0.123. The molecular formula is C30H21ClN2O2S. The van der Waals surface area contributed by atoms with Crippen molar-refractivity contribution < 1.29 is 9.59 Å². The van der Waals surface area contributed by atoms with Crippen LogP contribution in [0.2, 0.25) is 5.02 Å². The Labute approximate surface area is 217 Å². The molecule has 0 saturated carbocycles. The second kappa shape index (κ2) is 9.34. The first-order chi connectivity index (χ1) is 17.5. The van der Waals surface area contributed by atoms with Gasteiger partial charge in [-0.2, -0.15) is 0 Å². The van der Waals surface area contributed by atoms with Crippen LogP contribution in [0.3, 0.4) is 0 Å². The van der Waals surface area contributed by atoms with Gasteiger partial charge in [0.05, 0.1) is 11.4 Å². The Bertz CT molecular complexity index is 1690. The molecule has 5 aromatic rings. The van der Waals surface area contributed by atoms with Crippen LogP contribution in [0.15, 0.2) is 102 Å². The molecule has 1 saturated heterocycles. The number of thioether (sulfide) groups is 1. The van der Waals surface area contributed by atoms with Crippen LogP contribution in [-0.4, -0.2) is 20.6 Å². The molecule has 6 rings (SSSR count). The van der Waals surface area contributed by atoms with Crippen molar-refractivity contribution in [2.24, 2.45) is 0 Å². The number of carbonyl (C=O) groups is 2. The molecule has 0 radical (unpaired) electrons. The van der Waals surface area contributed by atoms with E-state index in [0.29, 0.717) is 16.5 Å². The molecule has 36 heavy (non-hydrogen) atoms. The van der Waals surface area contributed by atoms with Crippen molar-refractivity contribution in [1.29, 1.82) is 0 Å². The van der Waals surface area contributed by atoms with Crippen LogP contribution >= 0.6 is 23.4 Å². The maximum atomic E-state index is 13.3. The fourth-order valence-corrected chi connectivity index (χ4v) is 5.69. The summed E-state index contributed by atoms with van der Waals surface area (Å²) in [5.74, 6) is -0.259. The average molecular weight is 509 g/mol. The van der Waals surface area contributed by atoms with Gasteiger partial charge in [0.1, 0.15) is 0 Å². The summed E-state index contributed by atoms with van der Waals surface area (Å²) >= 11 is 7.18. The third-order valence-electron chi connectivity index (χ3n) is 6.38. The van der Waals surface area contributed by atoms with Crippen molar-refractivity contribution in [1.82, 2.24) is 9.47 Å². The molecule has 0 bridgehead atoms. The highest BCUT2D eigenvalue weighted by Crippen LogP contribution is 2.35. The number of para-hydroxylation sites is 1. The van der Waals surface area contributed by atoms with Gasteiger partial charge in [-0.3, -0.25) is 14.5 Å². The fourth-order valence-electron chi connectivity index (χ4n) is 4.65. The summed E-state index contributed by atoms with van der Waals surface area (Å²) in [6.45, 7) is 0.904. The Morgan fingerprint density at radius 3 is 2.42 bits per heavy atom. The first kappa shape index (κ1) is 22.7. The monoisotopic (exact) mass is 508 g/mol. The second-order valence-electron chi connectivity index (χ2n) is 8.81. The van der Waals surface area contributed by atoms with Crippen molar-refractivity contribution >= 4 is 62.3 Å². The first-order valence-corrected chi connectivity index (χ1v) is 12.8. The lowest BCUT2D eigenvalue weighted by Gasteiger charge is -2.13. The lowest BCUT2D eigenvalue weighted by Crippen LogP contribution is -2.27. The number of aromatic nitrogens is 1. The smallest absolute Gasteiger partial charge is 0.293 e. The van der Waals surface area contributed by atoms with Crippen molar-refractivity contribution in [2.75, 3.05) is 0 Å². The topological polar surface area (TPSA) is 42.3 Å². The van der Waals surface area contributed by atoms with E-state index < -0.39 is 0 Å². The van der Waals surface area contributed by atoms with Gasteiger partial charge in [-0.1, -0.05) is 78.3 Å². The van der Waals surface area contributed by atoms with Gasteiger partial charge in [0, 0.05) is 34.2 Å².